The number of sulfone groups is 1. The number of benzene rings is 2. The van der Waals surface area contributed by atoms with Crippen molar-refractivity contribution in [1.29, 1.82) is 0 Å². The van der Waals surface area contributed by atoms with Crippen LogP contribution in [0.1, 0.15) is 46.1 Å². The van der Waals surface area contributed by atoms with Crippen LogP contribution in [-0.2, 0) is 21.1 Å². The third kappa shape index (κ3) is 13.0. The molecule has 0 aliphatic carbocycles. The Bertz CT molecular complexity index is 870. The van der Waals surface area contributed by atoms with Gasteiger partial charge in [0.25, 0.3) is 0 Å². The Kier molecular flexibility index (Phi) is 14.3. The molecule has 33 heavy (non-hydrogen) atoms. The molecule has 0 N–H and O–H groups in total. The molecule has 2 aromatic carbocycles. The van der Waals surface area contributed by atoms with Gasteiger partial charge in [-0.25, -0.2) is 8.42 Å². The maximum absolute atomic E-state index is 12.4. The molecule has 0 heterocycles. The molecule has 2 aromatic rings. The van der Waals surface area contributed by atoms with Crippen molar-refractivity contribution in [2.24, 2.45) is 17.8 Å². The van der Waals surface area contributed by atoms with E-state index in [-0.39, 0.29) is 10.6 Å². The fourth-order valence-electron chi connectivity index (χ4n) is 3.50. The average molecular weight is 489 g/mol. The zero-order valence-electron chi connectivity index (χ0n) is 21.0. The number of ether oxygens (including phenoxy) is 1. The predicted molar refractivity (Wildman–Crippen MR) is 140 cm³/mol. The van der Waals surface area contributed by atoms with E-state index in [0.717, 1.165) is 31.0 Å². The Hall–Kier alpha value is -1.61. The molecule has 2 rings (SSSR count). The minimum atomic E-state index is -3.48. The van der Waals surface area contributed by atoms with Crippen molar-refractivity contribution in [3.05, 3.63) is 60.2 Å². The fourth-order valence-corrected chi connectivity index (χ4v) is 6.92. The highest BCUT2D eigenvalue weighted by Gasteiger charge is 2.21. The van der Waals surface area contributed by atoms with Gasteiger partial charge >= 0.3 is 0 Å². The third-order valence-corrected chi connectivity index (χ3v) is 10.5. The van der Waals surface area contributed by atoms with E-state index in [4.69, 9.17) is 4.74 Å². The number of aryl methyl sites for hydroxylation is 1. The summed E-state index contributed by atoms with van der Waals surface area (Å²) in [7, 11) is -1.95. The molecule has 0 aliphatic heterocycles. The van der Waals surface area contributed by atoms with Gasteiger partial charge in [-0.05, 0) is 49.1 Å². The summed E-state index contributed by atoms with van der Waals surface area (Å²) < 4.78 is 29.9. The topological polar surface area (TPSA) is 60.4 Å². The maximum atomic E-state index is 12.4. The number of hydrogen-bond donors (Lipinski definition) is 0. The number of carbonyl (C=O) groups is 1. The van der Waals surface area contributed by atoms with Crippen molar-refractivity contribution in [2.75, 3.05) is 12.9 Å². The summed E-state index contributed by atoms with van der Waals surface area (Å²) >= 11 is 0.316. The first-order valence-electron chi connectivity index (χ1n) is 12.0. The minimum absolute atomic E-state index is 0.155. The second kappa shape index (κ2) is 16.1. The lowest BCUT2D eigenvalue weighted by atomic mass is 10.0. The Morgan fingerprint density at radius 3 is 1.97 bits per heavy atom. The van der Waals surface area contributed by atoms with Gasteiger partial charge in [-0.2, -0.15) is 0 Å². The van der Waals surface area contributed by atoms with E-state index in [9.17, 15) is 13.2 Å². The van der Waals surface area contributed by atoms with Crippen molar-refractivity contribution in [2.45, 2.75) is 62.4 Å². The second-order valence-corrected chi connectivity index (χ2v) is 13.3. The van der Waals surface area contributed by atoms with Crippen molar-refractivity contribution < 1.29 is 17.9 Å². The lowest BCUT2D eigenvalue weighted by Crippen LogP contribution is -2.18. The van der Waals surface area contributed by atoms with E-state index < -0.39 is 15.8 Å². The van der Waals surface area contributed by atoms with Gasteiger partial charge in [-0.3, -0.25) is 0 Å². The van der Waals surface area contributed by atoms with Crippen LogP contribution in [0.3, 0.4) is 0 Å². The molecule has 0 fully saturated rings. The number of aldehydes is 1. The second-order valence-electron chi connectivity index (χ2n) is 9.45. The van der Waals surface area contributed by atoms with Crippen LogP contribution in [0.5, 0.6) is 5.75 Å². The molecule has 6 heteroatoms. The number of carbonyl (C=O) groups excluding carboxylic acids is 1. The Labute approximate surface area is 207 Å². The highest BCUT2D eigenvalue weighted by molar-refractivity contribution is 7.91. The van der Waals surface area contributed by atoms with Crippen LogP contribution in [0.15, 0.2) is 59.5 Å². The molecular formula is C27H41AlO4S. The van der Waals surface area contributed by atoms with Crippen LogP contribution in [0.4, 0.5) is 0 Å². The highest BCUT2D eigenvalue weighted by atomic mass is 32.2. The summed E-state index contributed by atoms with van der Waals surface area (Å²) in [6, 6.07) is 16.2. The van der Waals surface area contributed by atoms with Gasteiger partial charge in [-0.15, -0.1) is 0 Å². The zero-order valence-corrected chi connectivity index (χ0v) is 23.2. The molecule has 4 nitrogen and oxygen atoms in total. The van der Waals surface area contributed by atoms with Crippen LogP contribution in [0, 0.1) is 17.8 Å². The van der Waals surface area contributed by atoms with Gasteiger partial charge in [0.1, 0.15) is 12.0 Å². The molecule has 1 atom stereocenters. The van der Waals surface area contributed by atoms with Gasteiger partial charge < -0.3 is 9.53 Å². The summed E-state index contributed by atoms with van der Waals surface area (Å²) in [6.45, 7) is 9.31. The van der Waals surface area contributed by atoms with Gasteiger partial charge in [0.15, 0.2) is 9.84 Å². The largest absolute Gasteiger partial charge is 0.497 e. The molecule has 0 radical (unpaired) electrons. The van der Waals surface area contributed by atoms with Crippen LogP contribution in [0.25, 0.3) is 0 Å². The average Bonchev–Trinajstić information content (AvgIpc) is 2.79. The quantitative estimate of drug-likeness (QED) is 0.261. The van der Waals surface area contributed by atoms with Gasteiger partial charge in [0.05, 0.1) is 17.8 Å². The van der Waals surface area contributed by atoms with Gasteiger partial charge in [-0.1, -0.05) is 80.4 Å². The van der Waals surface area contributed by atoms with E-state index in [0.29, 0.717) is 27.4 Å². The summed E-state index contributed by atoms with van der Waals surface area (Å²) in [5.41, 5.74) is 1.19. The summed E-state index contributed by atoms with van der Waals surface area (Å²) in [4.78, 5) is 11.5. The van der Waals surface area contributed by atoms with Crippen molar-refractivity contribution in [3.63, 3.8) is 0 Å². The maximum Gasteiger partial charge on any atom is 0.237 e. The Balaban J connectivity index is 0.000000513. The standard InChI is InChI=1S/C19H22O4S.2C4H9.Al.H/c1-23-18-10-12-19(13-11-18)24(21,22)15-17(14-20)9-5-8-16-6-3-2-4-7-16;2*1-4(2)3;;/h2-4,6-7,10-14,17H,5,8-9,15H2,1H3;2*4H,1H2,2-3H3;;. The number of methoxy groups -OCH3 is 1. The lowest BCUT2D eigenvalue weighted by molar-refractivity contribution is -0.110. The Morgan fingerprint density at radius 2 is 1.48 bits per heavy atom. The zero-order chi connectivity index (χ0) is 24.7. The first kappa shape index (κ1) is 29.4. The first-order valence-corrected chi connectivity index (χ1v) is 15.7. The van der Waals surface area contributed by atoms with Gasteiger partial charge in [0.2, 0.25) is 15.2 Å². The molecule has 0 aliphatic rings. The molecule has 0 saturated heterocycles. The summed E-state index contributed by atoms with van der Waals surface area (Å²) in [5, 5.41) is 3.08. The molecular weight excluding hydrogens is 447 g/mol. The van der Waals surface area contributed by atoms with Crippen molar-refractivity contribution in [1.82, 2.24) is 0 Å². The lowest BCUT2D eigenvalue weighted by Gasteiger charge is -2.11. The fraction of sp³-hybridized carbons (Fsp3) is 0.519. The van der Waals surface area contributed by atoms with Gasteiger partial charge in [0, 0.05) is 5.92 Å². The van der Waals surface area contributed by atoms with Crippen molar-refractivity contribution >= 4 is 31.3 Å². The number of hydrogen-bond acceptors (Lipinski definition) is 4. The molecule has 0 saturated carbocycles. The summed E-state index contributed by atoms with van der Waals surface area (Å²) in [6.07, 6.45) is 2.94. The van der Waals surface area contributed by atoms with Crippen LogP contribution >= 0.6 is 0 Å². The SMILES string of the molecule is CC(C)[CH2][AlH][CH2]C(C)C.COc1ccc(S(=O)(=O)CC(C=O)CCCc2ccccc2)cc1. The molecule has 0 bridgehead atoms. The number of rotatable bonds is 13. The first-order chi connectivity index (χ1) is 15.7. The molecule has 0 spiro atoms. The normalized spacial score (nSPS) is 12.1. The van der Waals surface area contributed by atoms with E-state index in [2.05, 4.69) is 27.7 Å². The monoisotopic (exact) mass is 488 g/mol. The highest BCUT2D eigenvalue weighted by Crippen LogP contribution is 2.20. The van der Waals surface area contributed by atoms with Crippen LogP contribution in [0.2, 0.25) is 10.6 Å². The molecule has 0 amide bonds. The van der Waals surface area contributed by atoms with E-state index in [1.165, 1.54) is 35.4 Å². The molecule has 1 unspecified atom stereocenters. The van der Waals surface area contributed by atoms with Crippen LogP contribution in [-0.4, -0.2) is 42.8 Å². The minimum Gasteiger partial charge on any atom is -0.497 e. The summed E-state index contributed by atoms with van der Waals surface area (Å²) in [5.74, 6) is 1.87. The van der Waals surface area contributed by atoms with E-state index in [1.54, 1.807) is 12.1 Å². The van der Waals surface area contributed by atoms with Crippen molar-refractivity contribution in [3.8, 4) is 5.75 Å². The predicted octanol–water partition coefficient (Wildman–Crippen LogP) is 5.88. The van der Waals surface area contributed by atoms with E-state index in [1.807, 2.05) is 30.3 Å². The smallest absolute Gasteiger partial charge is 0.237 e. The molecule has 0 aromatic heterocycles. The van der Waals surface area contributed by atoms with Crippen LogP contribution < -0.4 is 4.74 Å². The van der Waals surface area contributed by atoms with E-state index >= 15 is 0 Å². The molecule has 182 valence electrons. The Morgan fingerprint density at radius 1 is 0.909 bits per heavy atom. The third-order valence-electron chi connectivity index (χ3n) is 5.49.